The number of piperidine rings is 1. The van der Waals surface area contributed by atoms with Gasteiger partial charge in [-0.25, -0.2) is 4.79 Å². The van der Waals surface area contributed by atoms with E-state index >= 15 is 0 Å². The number of carbonyl (C=O) groups is 1. The van der Waals surface area contributed by atoms with E-state index in [9.17, 15) is 18.0 Å². The quantitative estimate of drug-likeness (QED) is 0.738. The normalized spacial score (nSPS) is 17.8. The Morgan fingerprint density at radius 3 is 1.97 bits per heavy atom. The first-order valence-corrected chi connectivity index (χ1v) is 11.0. The minimum atomic E-state index is -4.75. The lowest BCUT2D eigenvalue weighted by molar-refractivity contribution is -0.274. The van der Waals surface area contributed by atoms with Gasteiger partial charge in [0.05, 0.1) is 0 Å². The van der Waals surface area contributed by atoms with E-state index in [1.165, 1.54) is 25.0 Å². The second-order valence-corrected chi connectivity index (χ2v) is 8.40. The van der Waals surface area contributed by atoms with Gasteiger partial charge in [-0.15, -0.1) is 23.4 Å². The van der Waals surface area contributed by atoms with Crippen LogP contribution in [0.4, 0.5) is 35.3 Å². The van der Waals surface area contributed by atoms with Crippen LogP contribution in [0.15, 0.2) is 36.4 Å². The molecular weight excluding hydrogens is 437 g/mol. The number of hydrogen-bond donors (Lipinski definition) is 1. The molecule has 2 aromatic rings. The van der Waals surface area contributed by atoms with E-state index in [0.29, 0.717) is 31.9 Å². The topological polar surface area (TPSA) is 73.8 Å². The number of halogens is 3. The van der Waals surface area contributed by atoms with Crippen LogP contribution in [0.3, 0.4) is 0 Å². The van der Waals surface area contributed by atoms with Gasteiger partial charge in [-0.1, -0.05) is 6.92 Å². The van der Waals surface area contributed by atoms with Crippen molar-refractivity contribution in [3.8, 4) is 5.75 Å². The molecule has 2 saturated heterocycles. The van der Waals surface area contributed by atoms with Crippen molar-refractivity contribution in [2.75, 3.05) is 54.4 Å². The predicted molar refractivity (Wildman–Crippen MR) is 119 cm³/mol. The lowest BCUT2D eigenvalue weighted by Gasteiger charge is -2.35. The summed E-state index contributed by atoms with van der Waals surface area (Å²) in [5, 5.41) is 11.5. The molecule has 2 aliphatic heterocycles. The molecule has 8 nitrogen and oxygen atoms in total. The number of nitrogens with zero attached hydrogens (tertiary/aromatic N) is 5. The molecule has 178 valence electrons. The second kappa shape index (κ2) is 9.72. The molecule has 0 spiro atoms. The summed E-state index contributed by atoms with van der Waals surface area (Å²) >= 11 is 0. The first kappa shape index (κ1) is 22.9. The van der Waals surface area contributed by atoms with E-state index < -0.39 is 6.36 Å². The highest BCUT2D eigenvalue weighted by atomic mass is 19.4. The number of anilines is 3. The fraction of sp³-hybridized carbons (Fsp3) is 0.500. The van der Waals surface area contributed by atoms with Crippen LogP contribution in [-0.4, -0.2) is 66.8 Å². The Hall–Kier alpha value is -3.24. The highest BCUT2D eigenvalue weighted by Crippen LogP contribution is 2.25. The summed E-state index contributed by atoms with van der Waals surface area (Å²) in [6.45, 7) is 6.49. The molecule has 1 aromatic heterocycles. The van der Waals surface area contributed by atoms with Gasteiger partial charge in [0.1, 0.15) is 5.75 Å². The molecule has 1 aromatic carbocycles. The summed E-state index contributed by atoms with van der Waals surface area (Å²) in [5.74, 6) is 2.10. The zero-order chi connectivity index (χ0) is 23.4. The molecular formula is C22H27F3N6O2. The number of carbonyl (C=O) groups excluding carboxylic acids is 1. The zero-order valence-electron chi connectivity index (χ0n) is 18.4. The van der Waals surface area contributed by atoms with E-state index in [-0.39, 0.29) is 11.8 Å². The molecule has 2 fully saturated rings. The summed E-state index contributed by atoms with van der Waals surface area (Å²) in [7, 11) is 0. The molecule has 0 bridgehead atoms. The number of nitrogens with one attached hydrogen (secondary N) is 1. The number of rotatable bonds is 4. The van der Waals surface area contributed by atoms with Crippen molar-refractivity contribution in [3.63, 3.8) is 0 Å². The molecule has 0 aliphatic carbocycles. The molecule has 0 saturated carbocycles. The molecule has 11 heteroatoms. The van der Waals surface area contributed by atoms with E-state index in [2.05, 4.69) is 37.0 Å². The van der Waals surface area contributed by atoms with Crippen LogP contribution in [0.1, 0.15) is 19.8 Å². The van der Waals surface area contributed by atoms with Crippen molar-refractivity contribution in [2.45, 2.75) is 26.1 Å². The number of piperazine rings is 1. The standard InChI is InChI=1S/C22H27F3N6O2/c1-16-8-10-29(11-9-16)19-6-7-20(28-27-19)30-12-14-31(15-13-30)21(32)26-17-2-4-18(5-3-17)33-22(23,24)25/h2-7,16H,8-15H2,1H3,(H,26,32). The van der Waals surface area contributed by atoms with Gasteiger partial charge >= 0.3 is 12.4 Å². The molecule has 1 N–H and O–H groups in total. The second-order valence-electron chi connectivity index (χ2n) is 8.40. The average molecular weight is 464 g/mol. The zero-order valence-corrected chi connectivity index (χ0v) is 18.4. The van der Waals surface area contributed by atoms with Crippen molar-refractivity contribution in [2.24, 2.45) is 5.92 Å². The van der Waals surface area contributed by atoms with Crippen LogP contribution < -0.4 is 19.9 Å². The Kier molecular flexibility index (Phi) is 6.75. The third-order valence-electron chi connectivity index (χ3n) is 5.97. The average Bonchev–Trinajstić information content (AvgIpc) is 2.80. The number of amides is 2. The van der Waals surface area contributed by atoms with Crippen molar-refractivity contribution in [3.05, 3.63) is 36.4 Å². The van der Waals surface area contributed by atoms with Gasteiger partial charge in [0.2, 0.25) is 0 Å². The highest BCUT2D eigenvalue weighted by Gasteiger charge is 2.31. The first-order chi connectivity index (χ1) is 15.8. The maximum atomic E-state index is 12.5. The number of ether oxygens (including phenoxy) is 1. The van der Waals surface area contributed by atoms with Crippen LogP contribution in [0, 0.1) is 5.92 Å². The number of urea groups is 1. The van der Waals surface area contributed by atoms with Crippen LogP contribution >= 0.6 is 0 Å². The number of alkyl halides is 3. The molecule has 2 amide bonds. The molecule has 3 heterocycles. The summed E-state index contributed by atoms with van der Waals surface area (Å²) < 4.78 is 40.6. The maximum Gasteiger partial charge on any atom is 0.573 e. The Morgan fingerprint density at radius 2 is 1.45 bits per heavy atom. The van der Waals surface area contributed by atoms with Gasteiger partial charge in [0, 0.05) is 45.0 Å². The van der Waals surface area contributed by atoms with Crippen LogP contribution in [0.2, 0.25) is 0 Å². The Labute approximate surface area is 190 Å². The van der Waals surface area contributed by atoms with Crippen molar-refractivity contribution in [1.29, 1.82) is 0 Å². The Bertz CT molecular complexity index is 923. The van der Waals surface area contributed by atoms with Gasteiger partial charge in [-0.05, 0) is 55.2 Å². The first-order valence-electron chi connectivity index (χ1n) is 11.0. The van der Waals surface area contributed by atoms with Gasteiger partial charge in [0.15, 0.2) is 11.6 Å². The summed E-state index contributed by atoms with van der Waals surface area (Å²) in [6.07, 6.45) is -2.42. The number of hydrogen-bond acceptors (Lipinski definition) is 6. The fourth-order valence-corrected chi connectivity index (χ4v) is 3.97. The van der Waals surface area contributed by atoms with Gasteiger partial charge in [-0.3, -0.25) is 0 Å². The third kappa shape index (κ3) is 6.17. The maximum absolute atomic E-state index is 12.5. The van der Waals surface area contributed by atoms with E-state index in [1.54, 1.807) is 4.90 Å². The molecule has 2 aliphatic rings. The Balaban J connectivity index is 1.26. The van der Waals surface area contributed by atoms with Crippen LogP contribution in [0.25, 0.3) is 0 Å². The lowest BCUT2D eigenvalue weighted by atomic mass is 9.99. The van der Waals surface area contributed by atoms with Crippen molar-refractivity contribution >= 4 is 23.4 Å². The van der Waals surface area contributed by atoms with E-state index in [1.807, 2.05) is 12.1 Å². The largest absolute Gasteiger partial charge is 0.573 e. The molecule has 4 rings (SSSR count). The van der Waals surface area contributed by atoms with Gasteiger partial charge in [-0.2, -0.15) is 0 Å². The van der Waals surface area contributed by atoms with E-state index in [4.69, 9.17) is 0 Å². The number of benzene rings is 1. The monoisotopic (exact) mass is 464 g/mol. The molecule has 0 atom stereocenters. The minimum Gasteiger partial charge on any atom is -0.406 e. The van der Waals surface area contributed by atoms with Crippen molar-refractivity contribution in [1.82, 2.24) is 15.1 Å². The van der Waals surface area contributed by atoms with Gasteiger partial charge in [0.25, 0.3) is 0 Å². The smallest absolute Gasteiger partial charge is 0.406 e. The SMILES string of the molecule is CC1CCN(c2ccc(N3CCN(C(=O)Nc4ccc(OC(F)(F)F)cc4)CC3)nn2)CC1. The fourth-order valence-electron chi connectivity index (χ4n) is 3.97. The van der Waals surface area contributed by atoms with E-state index in [0.717, 1.165) is 42.8 Å². The van der Waals surface area contributed by atoms with Crippen LogP contribution in [0.5, 0.6) is 5.75 Å². The number of aromatic nitrogens is 2. The third-order valence-corrected chi connectivity index (χ3v) is 5.97. The van der Waals surface area contributed by atoms with Gasteiger partial charge < -0.3 is 24.8 Å². The highest BCUT2D eigenvalue weighted by molar-refractivity contribution is 5.89. The minimum absolute atomic E-state index is 0.306. The summed E-state index contributed by atoms with van der Waals surface area (Å²) in [5.41, 5.74) is 0.394. The predicted octanol–water partition coefficient (Wildman–Crippen LogP) is 3.97. The van der Waals surface area contributed by atoms with Crippen LogP contribution in [-0.2, 0) is 0 Å². The molecule has 33 heavy (non-hydrogen) atoms. The summed E-state index contributed by atoms with van der Waals surface area (Å²) in [4.78, 5) is 18.5. The lowest BCUT2D eigenvalue weighted by Crippen LogP contribution is -2.50. The summed E-state index contributed by atoms with van der Waals surface area (Å²) in [6, 6.07) is 8.73. The van der Waals surface area contributed by atoms with Crippen molar-refractivity contribution < 1.29 is 22.7 Å². The molecule has 0 unspecified atom stereocenters. The Morgan fingerprint density at radius 1 is 0.909 bits per heavy atom. The molecule has 0 radical (unpaired) electrons.